The summed E-state index contributed by atoms with van der Waals surface area (Å²) in [6, 6.07) is 3.80. The van der Waals surface area contributed by atoms with Gasteiger partial charge in [-0.2, -0.15) is 0 Å². The molecule has 1 rings (SSSR count). The minimum atomic E-state index is -0.291. The number of ketones is 1. The SMILES string of the molecule is COC(=O)CCCC(=O)c1cc(C)cc(C)c1OC. The fourth-order valence-electron chi connectivity index (χ4n) is 2.06. The summed E-state index contributed by atoms with van der Waals surface area (Å²) in [5.74, 6) is 0.321. The van der Waals surface area contributed by atoms with Crippen molar-refractivity contribution >= 4 is 11.8 Å². The molecule has 0 amide bonds. The number of esters is 1. The number of rotatable bonds is 6. The van der Waals surface area contributed by atoms with Gasteiger partial charge in [0.05, 0.1) is 19.8 Å². The summed E-state index contributed by atoms with van der Waals surface area (Å²) in [4.78, 5) is 23.2. The zero-order chi connectivity index (χ0) is 14.4. The molecule has 0 saturated carbocycles. The van der Waals surface area contributed by atoms with Crippen LogP contribution in [0.25, 0.3) is 0 Å². The number of carbonyl (C=O) groups excluding carboxylic acids is 2. The first kappa shape index (κ1) is 15.2. The summed E-state index contributed by atoms with van der Waals surface area (Å²) in [7, 11) is 2.90. The van der Waals surface area contributed by atoms with Gasteiger partial charge in [0.25, 0.3) is 0 Å². The highest BCUT2D eigenvalue weighted by Gasteiger charge is 2.15. The molecule has 0 spiro atoms. The van der Waals surface area contributed by atoms with Gasteiger partial charge >= 0.3 is 5.97 Å². The van der Waals surface area contributed by atoms with Gasteiger partial charge < -0.3 is 9.47 Å². The third-order valence-corrected chi connectivity index (χ3v) is 2.94. The standard InChI is InChI=1S/C15H20O4/c1-10-8-11(2)15(19-4)12(9-10)13(16)6-5-7-14(17)18-3/h8-9H,5-7H2,1-4H3. The summed E-state index contributed by atoms with van der Waals surface area (Å²) in [6.07, 6.45) is 1.06. The lowest BCUT2D eigenvalue weighted by atomic mass is 9.99. The Labute approximate surface area is 113 Å². The van der Waals surface area contributed by atoms with Crippen molar-refractivity contribution in [3.63, 3.8) is 0 Å². The molecule has 4 nitrogen and oxygen atoms in total. The zero-order valence-electron chi connectivity index (χ0n) is 11.9. The van der Waals surface area contributed by atoms with E-state index in [9.17, 15) is 9.59 Å². The highest BCUT2D eigenvalue weighted by molar-refractivity contribution is 5.99. The van der Waals surface area contributed by atoms with Crippen LogP contribution in [-0.4, -0.2) is 26.0 Å². The van der Waals surface area contributed by atoms with Crippen molar-refractivity contribution < 1.29 is 19.1 Å². The van der Waals surface area contributed by atoms with Crippen molar-refractivity contribution in [2.75, 3.05) is 14.2 Å². The average molecular weight is 264 g/mol. The van der Waals surface area contributed by atoms with Gasteiger partial charge in [0.1, 0.15) is 5.75 Å². The molecule has 0 aromatic heterocycles. The monoisotopic (exact) mass is 264 g/mol. The Kier molecular flexibility index (Phi) is 5.55. The van der Waals surface area contributed by atoms with E-state index >= 15 is 0 Å². The molecule has 0 unspecified atom stereocenters. The average Bonchev–Trinajstić information content (AvgIpc) is 2.37. The molecule has 0 fully saturated rings. The van der Waals surface area contributed by atoms with Crippen LogP contribution in [0, 0.1) is 13.8 Å². The Morgan fingerprint density at radius 1 is 1.11 bits per heavy atom. The Morgan fingerprint density at radius 2 is 1.79 bits per heavy atom. The van der Waals surface area contributed by atoms with Crippen LogP contribution in [0.3, 0.4) is 0 Å². The van der Waals surface area contributed by atoms with Crippen LogP contribution in [0.5, 0.6) is 5.75 Å². The molecule has 0 atom stereocenters. The molecular weight excluding hydrogens is 244 g/mol. The molecule has 0 aliphatic rings. The first-order valence-corrected chi connectivity index (χ1v) is 6.24. The molecule has 1 aromatic rings. The van der Waals surface area contributed by atoms with Gasteiger partial charge in [0.15, 0.2) is 5.78 Å². The maximum atomic E-state index is 12.2. The molecule has 0 N–H and O–H groups in total. The number of Topliss-reactive ketones (excluding diaryl/α,β-unsaturated/α-hetero) is 1. The van der Waals surface area contributed by atoms with Gasteiger partial charge in [-0.1, -0.05) is 6.07 Å². The maximum absolute atomic E-state index is 12.2. The molecule has 1 aromatic carbocycles. The predicted molar refractivity (Wildman–Crippen MR) is 72.7 cm³/mol. The summed E-state index contributed by atoms with van der Waals surface area (Å²) in [5, 5.41) is 0. The summed E-state index contributed by atoms with van der Waals surface area (Å²) >= 11 is 0. The van der Waals surface area contributed by atoms with E-state index in [-0.39, 0.29) is 18.2 Å². The Hall–Kier alpha value is -1.84. The second-order valence-corrected chi connectivity index (χ2v) is 4.52. The van der Waals surface area contributed by atoms with Crippen LogP contribution in [0.1, 0.15) is 40.7 Å². The van der Waals surface area contributed by atoms with Crippen LogP contribution in [0.4, 0.5) is 0 Å². The van der Waals surface area contributed by atoms with E-state index in [0.29, 0.717) is 24.2 Å². The second kappa shape index (κ2) is 6.92. The third kappa shape index (κ3) is 4.09. The van der Waals surface area contributed by atoms with Crippen LogP contribution in [-0.2, 0) is 9.53 Å². The van der Waals surface area contributed by atoms with Crippen LogP contribution < -0.4 is 4.74 Å². The molecule has 0 radical (unpaired) electrons. The molecule has 19 heavy (non-hydrogen) atoms. The van der Waals surface area contributed by atoms with Crippen molar-refractivity contribution in [3.05, 3.63) is 28.8 Å². The van der Waals surface area contributed by atoms with Crippen molar-refractivity contribution in [2.24, 2.45) is 0 Å². The minimum Gasteiger partial charge on any atom is -0.496 e. The largest absolute Gasteiger partial charge is 0.496 e. The van der Waals surface area contributed by atoms with Gasteiger partial charge in [-0.25, -0.2) is 0 Å². The van der Waals surface area contributed by atoms with E-state index < -0.39 is 0 Å². The first-order valence-electron chi connectivity index (χ1n) is 6.24. The van der Waals surface area contributed by atoms with E-state index in [4.69, 9.17) is 4.74 Å². The first-order chi connectivity index (χ1) is 8.99. The van der Waals surface area contributed by atoms with E-state index in [1.807, 2.05) is 26.0 Å². The van der Waals surface area contributed by atoms with Gasteiger partial charge in [0, 0.05) is 12.8 Å². The molecule has 0 aliphatic carbocycles. The van der Waals surface area contributed by atoms with E-state index in [2.05, 4.69) is 4.74 Å². The van der Waals surface area contributed by atoms with Crippen molar-refractivity contribution in [2.45, 2.75) is 33.1 Å². The van der Waals surface area contributed by atoms with Crippen LogP contribution in [0.2, 0.25) is 0 Å². The van der Waals surface area contributed by atoms with Crippen molar-refractivity contribution in [1.82, 2.24) is 0 Å². The summed E-state index contributed by atoms with van der Waals surface area (Å²) < 4.78 is 9.83. The summed E-state index contributed by atoms with van der Waals surface area (Å²) in [6.45, 7) is 3.86. The maximum Gasteiger partial charge on any atom is 0.305 e. The summed E-state index contributed by atoms with van der Waals surface area (Å²) in [5.41, 5.74) is 2.55. The number of carbonyl (C=O) groups is 2. The number of hydrogen-bond acceptors (Lipinski definition) is 4. The van der Waals surface area contributed by atoms with E-state index in [1.165, 1.54) is 7.11 Å². The molecule has 0 heterocycles. The third-order valence-electron chi connectivity index (χ3n) is 2.94. The lowest BCUT2D eigenvalue weighted by Crippen LogP contribution is -2.06. The van der Waals surface area contributed by atoms with Crippen molar-refractivity contribution in [1.29, 1.82) is 0 Å². The second-order valence-electron chi connectivity index (χ2n) is 4.52. The zero-order valence-corrected chi connectivity index (χ0v) is 11.9. The number of ether oxygens (including phenoxy) is 2. The minimum absolute atomic E-state index is 0.00690. The van der Waals surface area contributed by atoms with Gasteiger partial charge in [-0.3, -0.25) is 9.59 Å². The number of aryl methyl sites for hydroxylation is 2. The molecule has 4 heteroatoms. The molecular formula is C15H20O4. The highest BCUT2D eigenvalue weighted by atomic mass is 16.5. The normalized spacial score (nSPS) is 10.1. The topological polar surface area (TPSA) is 52.6 Å². The Balaban J connectivity index is 2.79. The van der Waals surface area contributed by atoms with Crippen LogP contribution >= 0.6 is 0 Å². The quantitative estimate of drug-likeness (QED) is 0.585. The number of hydrogen-bond donors (Lipinski definition) is 0. The number of methoxy groups -OCH3 is 2. The smallest absolute Gasteiger partial charge is 0.305 e. The molecule has 104 valence electrons. The molecule has 0 aliphatic heterocycles. The van der Waals surface area contributed by atoms with Crippen molar-refractivity contribution in [3.8, 4) is 5.75 Å². The fraction of sp³-hybridized carbons (Fsp3) is 0.467. The Bertz CT molecular complexity index is 477. The lowest BCUT2D eigenvalue weighted by Gasteiger charge is -2.11. The van der Waals surface area contributed by atoms with Gasteiger partial charge in [-0.15, -0.1) is 0 Å². The highest BCUT2D eigenvalue weighted by Crippen LogP contribution is 2.26. The lowest BCUT2D eigenvalue weighted by molar-refractivity contribution is -0.140. The fourth-order valence-corrected chi connectivity index (χ4v) is 2.06. The molecule has 0 saturated heterocycles. The molecule has 0 bridgehead atoms. The van der Waals surface area contributed by atoms with Gasteiger partial charge in [-0.05, 0) is 37.5 Å². The van der Waals surface area contributed by atoms with Gasteiger partial charge in [0.2, 0.25) is 0 Å². The van der Waals surface area contributed by atoms with E-state index in [0.717, 1.165) is 11.1 Å². The number of benzene rings is 1. The predicted octanol–water partition coefficient (Wildman–Crippen LogP) is 2.84. The Morgan fingerprint density at radius 3 is 2.37 bits per heavy atom. The van der Waals surface area contributed by atoms with Crippen LogP contribution in [0.15, 0.2) is 12.1 Å². The van der Waals surface area contributed by atoms with E-state index in [1.54, 1.807) is 7.11 Å².